The average molecular weight is 573 g/mol. The van der Waals surface area contributed by atoms with Gasteiger partial charge >= 0.3 is 0 Å². The lowest BCUT2D eigenvalue weighted by Gasteiger charge is -2.13. The second kappa shape index (κ2) is 11.9. The highest BCUT2D eigenvalue weighted by Gasteiger charge is 2.25. The van der Waals surface area contributed by atoms with Gasteiger partial charge in [0.2, 0.25) is 11.6 Å². The van der Waals surface area contributed by atoms with E-state index in [-0.39, 0.29) is 17.3 Å². The highest BCUT2D eigenvalue weighted by molar-refractivity contribution is 6.32. The molecule has 0 fully saturated rings. The molecule has 0 aliphatic carbocycles. The van der Waals surface area contributed by atoms with Gasteiger partial charge in [-0.15, -0.1) is 5.10 Å². The zero-order valence-electron chi connectivity index (χ0n) is 22.3. The number of amides is 1. The molecule has 13 heteroatoms. The minimum absolute atomic E-state index is 0.0248. The van der Waals surface area contributed by atoms with Crippen molar-refractivity contribution in [3.05, 3.63) is 93.6 Å². The van der Waals surface area contributed by atoms with Crippen LogP contribution in [0.3, 0.4) is 0 Å². The zero-order chi connectivity index (χ0) is 28.9. The van der Waals surface area contributed by atoms with Crippen LogP contribution in [0.2, 0.25) is 5.02 Å². The van der Waals surface area contributed by atoms with Crippen molar-refractivity contribution in [1.29, 1.82) is 0 Å². The van der Waals surface area contributed by atoms with Crippen LogP contribution < -0.4 is 20.6 Å². The third kappa shape index (κ3) is 5.87. The van der Waals surface area contributed by atoms with E-state index in [2.05, 4.69) is 35.8 Å². The molecule has 0 saturated heterocycles. The maximum atomic E-state index is 13.3. The number of nitrogen functional groups attached to an aromatic ring is 1. The lowest BCUT2D eigenvalue weighted by atomic mass is 10.1. The van der Waals surface area contributed by atoms with E-state index in [1.807, 2.05) is 44.2 Å². The monoisotopic (exact) mass is 572 g/mol. The molecular formula is C28H25ClN8O4. The summed E-state index contributed by atoms with van der Waals surface area (Å²) in [6.07, 6.45) is 1.48. The van der Waals surface area contributed by atoms with E-state index in [0.717, 1.165) is 26.4 Å². The number of hydrogen-bond donors (Lipinski definition) is 2. The highest BCUT2D eigenvalue weighted by atomic mass is 35.5. The molecule has 0 saturated carbocycles. The van der Waals surface area contributed by atoms with E-state index in [9.17, 15) is 4.79 Å². The fraction of sp³-hybridized carbons (Fsp3) is 0.143. The first-order valence-electron chi connectivity index (χ1n) is 12.3. The Balaban J connectivity index is 1.36. The van der Waals surface area contributed by atoms with Crippen LogP contribution in [0.4, 0.5) is 5.82 Å². The molecule has 3 N–H and O–H groups in total. The van der Waals surface area contributed by atoms with E-state index in [1.165, 1.54) is 6.21 Å². The second-order valence-electron chi connectivity index (χ2n) is 8.98. The Bertz CT molecular complexity index is 1710. The Morgan fingerprint density at radius 2 is 1.85 bits per heavy atom. The lowest BCUT2D eigenvalue weighted by molar-refractivity contribution is 0.0947. The maximum Gasteiger partial charge on any atom is 0.292 e. The summed E-state index contributed by atoms with van der Waals surface area (Å²) in [5.74, 6) is 0.426. The van der Waals surface area contributed by atoms with Crippen LogP contribution in [0.5, 0.6) is 11.5 Å². The molecule has 0 bridgehead atoms. The Hall–Kier alpha value is -5.23. The molecule has 208 valence electrons. The molecule has 5 rings (SSSR count). The van der Waals surface area contributed by atoms with Crippen molar-refractivity contribution >= 4 is 29.5 Å². The summed E-state index contributed by atoms with van der Waals surface area (Å²) in [5.41, 5.74) is 12.9. The average Bonchev–Trinajstić information content (AvgIpc) is 3.61. The zero-order valence-corrected chi connectivity index (χ0v) is 23.1. The summed E-state index contributed by atoms with van der Waals surface area (Å²) in [4.78, 5) is 13.3. The first-order chi connectivity index (χ1) is 19.9. The van der Waals surface area contributed by atoms with Crippen molar-refractivity contribution in [3.8, 4) is 28.6 Å². The molecule has 0 aliphatic rings. The summed E-state index contributed by atoms with van der Waals surface area (Å²) in [7, 11) is 1.56. The number of methoxy groups -OCH3 is 1. The normalized spacial score (nSPS) is 11.1. The summed E-state index contributed by atoms with van der Waals surface area (Å²) in [6, 6.07) is 18.3. The summed E-state index contributed by atoms with van der Waals surface area (Å²) >= 11 is 6.29. The van der Waals surface area contributed by atoms with Gasteiger partial charge in [-0.05, 0) is 64.6 Å². The molecular weight excluding hydrogens is 548 g/mol. The molecule has 2 aromatic heterocycles. The first kappa shape index (κ1) is 27.3. The number of anilines is 1. The standard InChI is InChI=1S/C28H25ClN8O4/c1-16-11-19(12-17(2)23(16)29)15-40-22-13-18(9-10-21(22)39-3)14-31-33-28(38)25-24(20-7-5-4-6-8-20)32-36-37(25)27-26(30)34-41-35-27/h4-14H,15H2,1-3H3,(H2,30,34)(H,33,38). The molecule has 0 spiro atoms. The van der Waals surface area contributed by atoms with Gasteiger partial charge < -0.3 is 15.2 Å². The minimum atomic E-state index is -0.606. The third-order valence-electron chi connectivity index (χ3n) is 6.09. The number of ether oxygens (including phenoxy) is 2. The molecule has 12 nitrogen and oxygen atoms in total. The number of rotatable bonds is 9. The Morgan fingerprint density at radius 1 is 1.10 bits per heavy atom. The fourth-order valence-electron chi connectivity index (χ4n) is 4.15. The number of aromatic nitrogens is 5. The van der Waals surface area contributed by atoms with Crippen molar-refractivity contribution in [2.75, 3.05) is 12.8 Å². The molecule has 0 radical (unpaired) electrons. The van der Waals surface area contributed by atoms with Gasteiger partial charge in [-0.3, -0.25) is 4.79 Å². The van der Waals surface area contributed by atoms with Crippen molar-refractivity contribution < 1.29 is 18.9 Å². The first-order valence-corrected chi connectivity index (χ1v) is 12.7. The van der Waals surface area contributed by atoms with E-state index >= 15 is 0 Å². The predicted molar refractivity (Wildman–Crippen MR) is 152 cm³/mol. The van der Waals surface area contributed by atoms with Gasteiger partial charge in [-0.25, -0.2) is 10.1 Å². The summed E-state index contributed by atoms with van der Waals surface area (Å²) in [6.45, 7) is 4.22. The SMILES string of the molecule is COc1ccc(C=NNC(=O)c2c(-c3ccccc3)nnn2-c2nonc2N)cc1OCc1cc(C)c(Cl)c(C)c1. The number of halogens is 1. The number of nitrogens with zero attached hydrogens (tertiary/aromatic N) is 6. The van der Waals surface area contributed by atoms with Gasteiger partial charge in [0.25, 0.3) is 5.91 Å². The number of aryl methyl sites for hydroxylation is 2. The van der Waals surface area contributed by atoms with Gasteiger partial charge in [0.05, 0.1) is 13.3 Å². The number of hydrazone groups is 1. The summed E-state index contributed by atoms with van der Waals surface area (Å²) in [5, 5.41) is 20.4. The van der Waals surface area contributed by atoms with Crippen LogP contribution in [0.1, 0.15) is 32.7 Å². The van der Waals surface area contributed by atoms with Crippen molar-refractivity contribution in [2.24, 2.45) is 5.10 Å². The number of carbonyl (C=O) groups is 1. The van der Waals surface area contributed by atoms with Crippen LogP contribution in [0.25, 0.3) is 17.1 Å². The van der Waals surface area contributed by atoms with Gasteiger partial charge in [0, 0.05) is 10.6 Å². The number of nitrogens with one attached hydrogen (secondary N) is 1. The molecule has 5 aromatic rings. The quantitative estimate of drug-likeness (QED) is 0.191. The van der Waals surface area contributed by atoms with Crippen LogP contribution in [-0.2, 0) is 6.61 Å². The molecule has 0 aliphatic heterocycles. The molecule has 1 amide bonds. The largest absolute Gasteiger partial charge is 0.493 e. The predicted octanol–water partition coefficient (Wildman–Crippen LogP) is 4.52. The molecule has 0 atom stereocenters. The molecule has 3 aromatic carbocycles. The van der Waals surface area contributed by atoms with E-state index in [4.69, 9.17) is 26.8 Å². The van der Waals surface area contributed by atoms with Gasteiger partial charge in [0.15, 0.2) is 17.2 Å². The van der Waals surface area contributed by atoms with Crippen molar-refractivity contribution in [3.63, 3.8) is 0 Å². The minimum Gasteiger partial charge on any atom is -0.493 e. The van der Waals surface area contributed by atoms with Gasteiger partial charge in [-0.2, -0.15) is 9.78 Å². The molecule has 2 heterocycles. The van der Waals surface area contributed by atoms with E-state index in [1.54, 1.807) is 37.4 Å². The van der Waals surface area contributed by atoms with Crippen LogP contribution in [0.15, 0.2) is 70.4 Å². The topological polar surface area (TPSA) is 156 Å². The Labute approximate surface area is 239 Å². The lowest BCUT2D eigenvalue weighted by Crippen LogP contribution is -2.22. The second-order valence-corrected chi connectivity index (χ2v) is 9.36. The van der Waals surface area contributed by atoms with E-state index < -0.39 is 5.91 Å². The van der Waals surface area contributed by atoms with Crippen LogP contribution in [0, 0.1) is 13.8 Å². The van der Waals surface area contributed by atoms with Gasteiger partial charge in [-0.1, -0.05) is 59.3 Å². The van der Waals surface area contributed by atoms with Crippen molar-refractivity contribution in [1.82, 2.24) is 30.7 Å². The summed E-state index contributed by atoms with van der Waals surface area (Å²) < 4.78 is 17.3. The third-order valence-corrected chi connectivity index (χ3v) is 6.68. The highest BCUT2D eigenvalue weighted by Crippen LogP contribution is 2.30. The smallest absolute Gasteiger partial charge is 0.292 e. The Kier molecular flexibility index (Phi) is 7.92. The van der Waals surface area contributed by atoms with Gasteiger partial charge in [0.1, 0.15) is 12.3 Å². The van der Waals surface area contributed by atoms with Crippen LogP contribution in [-0.4, -0.2) is 44.5 Å². The maximum absolute atomic E-state index is 13.3. The number of benzene rings is 3. The molecule has 41 heavy (non-hydrogen) atoms. The Morgan fingerprint density at radius 3 is 2.54 bits per heavy atom. The van der Waals surface area contributed by atoms with E-state index in [0.29, 0.717) is 34.9 Å². The number of nitrogens with two attached hydrogens (primary N) is 1. The van der Waals surface area contributed by atoms with Crippen molar-refractivity contribution in [2.45, 2.75) is 20.5 Å². The number of carbonyl (C=O) groups excluding carboxylic acids is 1. The number of hydrogen-bond acceptors (Lipinski definition) is 10. The molecule has 0 unspecified atom stereocenters. The fourth-order valence-corrected chi connectivity index (χ4v) is 4.26. The van der Waals surface area contributed by atoms with Crippen LogP contribution >= 0.6 is 11.6 Å².